The average Bonchev–Trinajstić information content (AvgIpc) is 3.18. The third-order valence-corrected chi connectivity index (χ3v) is 4.62. The molecule has 3 heterocycles. The molecule has 134 valence electrons. The van der Waals surface area contributed by atoms with Crippen LogP contribution in [-0.4, -0.2) is 29.4 Å². The monoisotopic (exact) mass is 378 g/mol. The van der Waals surface area contributed by atoms with Gasteiger partial charge in [-0.05, 0) is 37.3 Å². The van der Waals surface area contributed by atoms with Gasteiger partial charge in [-0.2, -0.15) is 13.8 Å². The maximum Gasteiger partial charge on any atom is 0.267 e. The third-order valence-electron chi connectivity index (χ3n) is 4.07. The number of aromatic nitrogens is 5. The fraction of sp³-hybridized carbons (Fsp3) is 0.111. The summed E-state index contributed by atoms with van der Waals surface area (Å²) in [5.41, 5.74) is 2.84. The molecule has 0 aliphatic rings. The van der Waals surface area contributed by atoms with Crippen molar-refractivity contribution in [2.45, 2.75) is 13.0 Å². The van der Waals surface area contributed by atoms with Gasteiger partial charge < -0.3 is 5.32 Å². The van der Waals surface area contributed by atoms with Crippen LogP contribution < -0.4 is 10.9 Å². The summed E-state index contributed by atoms with van der Waals surface area (Å²) in [7, 11) is 0. The Hall–Kier alpha value is -3.46. The van der Waals surface area contributed by atoms with Gasteiger partial charge in [-0.15, -0.1) is 0 Å². The summed E-state index contributed by atoms with van der Waals surface area (Å²) in [5.74, 6) is -0.367. The molecule has 8 nitrogen and oxygen atoms in total. The smallest absolute Gasteiger partial charge is 0.267 e. The van der Waals surface area contributed by atoms with Gasteiger partial charge in [0.2, 0.25) is 5.91 Å². The van der Waals surface area contributed by atoms with Crippen molar-refractivity contribution in [3.63, 3.8) is 0 Å². The Morgan fingerprint density at radius 1 is 1.15 bits per heavy atom. The lowest BCUT2D eigenvalue weighted by atomic mass is 10.2. The highest BCUT2D eigenvalue weighted by molar-refractivity contribution is 7.00. The minimum Gasteiger partial charge on any atom is -0.322 e. The van der Waals surface area contributed by atoms with E-state index in [4.69, 9.17) is 0 Å². The molecule has 1 unspecified atom stereocenters. The maximum atomic E-state index is 12.7. The van der Waals surface area contributed by atoms with Gasteiger partial charge in [-0.3, -0.25) is 14.6 Å². The highest BCUT2D eigenvalue weighted by Crippen LogP contribution is 2.22. The second-order valence-corrected chi connectivity index (χ2v) is 6.37. The molecule has 0 spiro atoms. The molecule has 0 bridgehead atoms. The van der Waals surface area contributed by atoms with E-state index in [-0.39, 0.29) is 11.5 Å². The van der Waals surface area contributed by atoms with Crippen molar-refractivity contribution in [3.8, 4) is 11.3 Å². The van der Waals surface area contributed by atoms with Crippen molar-refractivity contribution < 1.29 is 4.79 Å². The van der Waals surface area contributed by atoms with E-state index >= 15 is 0 Å². The van der Waals surface area contributed by atoms with Crippen LogP contribution >= 0.6 is 11.7 Å². The van der Waals surface area contributed by atoms with E-state index in [2.05, 4.69) is 24.1 Å². The van der Waals surface area contributed by atoms with Gasteiger partial charge in [0.1, 0.15) is 17.1 Å². The predicted molar refractivity (Wildman–Crippen MR) is 102 cm³/mol. The minimum atomic E-state index is -0.809. The largest absolute Gasteiger partial charge is 0.322 e. The number of anilines is 1. The molecule has 1 amide bonds. The second-order valence-electron chi connectivity index (χ2n) is 5.85. The molecule has 1 aromatic carbocycles. The van der Waals surface area contributed by atoms with Crippen molar-refractivity contribution in [3.05, 3.63) is 65.2 Å². The molecule has 1 atom stereocenters. The summed E-state index contributed by atoms with van der Waals surface area (Å²) in [4.78, 5) is 29.0. The fourth-order valence-corrected chi connectivity index (χ4v) is 3.18. The minimum absolute atomic E-state index is 0.362. The molecule has 1 N–H and O–H groups in total. The number of nitrogens with zero attached hydrogens (tertiary/aromatic N) is 5. The van der Waals surface area contributed by atoms with Crippen LogP contribution in [0, 0.1) is 0 Å². The van der Waals surface area contributed by atoms with E-state index in [0.29, 0.717) is 22.4 Å². The number of carbonyl (C=O) groups excluding carboxylic acids is 1. The number of pyridine rings is 1. The number of hydrogen-bond donors (Lipinski definition) is 1. The highest BCUT2D eigenvalue weighted by Gasteiger charge is 2.19. The first-order valence-corrected chi connectivity index (χ1v) is 8.89. The van der Waals surface area contributed by atoms with E-state index in [1.807, 2.05) is 12.1 Å². The predicted octanol–water partition coefficient (Wildman–Crippen LogP) is 2.51. The van der Waals surface area contributed by atoms with Gasteiger partial charge >= 0.3 is 0 Å². The lowest BCUT2D eigenvalue weighted by Gasteiger charge is -2.15. The molecular formula is C18H14N6O2S. The summed E-state index contributed by atoms with van der Waals surface area (Å²) in [6.07, 6.45) is 3.31. The Kier molecular flexibility index (Phi) is 4.43. The van der Waals surface area contributed by atoms with Gasteiger partial charge in [0, 0.05) is 24.0 Å². The molecule has 0 saturated heterocycles. The van der Waals surface area contributed by atoms with Crippen molar-refractivity contribution in [1.82, 2.24) is 23.5 Å². The number of fused-ring (bicyclic) bond motifs is 1. The van der Waals surface area contributed by atoms with Gasteiger partial charge in [0.25, 0.3) is 5.56 Å². The molecule has 0 saturated carbocycles. The van der Waals surface area contributed by atoms with Crippen LogP contribution in [0.25, 0.3) is 22.3 Å². The van der Waals surface area contributed by atoms with Crippen molar-refractivity contribution in [1.29, 1.82) is 0 Å². The van der Waals surface area contributed by atoms with Gasteiger partial charge in [0.15, 0.2) is 0 Å². The average molecular weight is 378 g/mol. The van der Waals surface area contributed by atoms with E-state index in [9.17, 15) is 9.59 Å². The lowest BCUT2D eigenvalue weighted by Crippen LogP contribution is -2.33. The van der Waals surface area contributed by atoms with Crippen LogP contribution in [0.1, 0.15) is 13.0 Å². The number of hydrogen-bond acceptors (Lipinski definition) is 7. The molecule has 0 radical (unpaired) electrons. The molecule has 0 aliphatic carbocycles. The zero-order chi connectivity index (χ0) is 18.8. The zero-order valence-electron chi connectivity index (χ0n) is 14.2. The molecule has 9 heteroatoms. The normalized spacial score (nSPS) is 12.0. The quantitative estimate of drug-likeness (QED) is 0.585. The van der Waals surface area contributed by atoms with Crippen molar-refractivity contribution >= 4 is 34.4 Å². The Morgan fingerprint density at radius 2 is 2.04 bits per heavy atom. The van der Waals surface area contributed by atoms with Crippen LogP contribution in [0.15, 0.2) is 59.7 Å². The Bertz CT molecular complexity index is 1170. The number of carbonyl (C=O) groups is 1. The summed E-state index contributed by atoms with van der Waals surface area (Å²) in [5, 5.41) is 7.14. The standard InChI is InChI=1S/C18H14N6O2S/c1-11(18(26)20-14-5-2-6-15-17(14)23-27-22-15)24-16(25)8-7-13(21-24)12-4-3-9-19-10-12/h2-11H,1H3,(H,20,26). The zero-order valence-corrected chi connectivity index (χ0v) is 15.1. The molecule has 27 heavy (non-hydrogen) atoms. The first-order valence-electron chi connectivity index (χ1n) is 8.16. The van der Waals surface area contributed by atoms with Crippen molar-refractivity contribution in [2.75, 3.05) is 5.32 Å². The summed E-state index contributed by atoms with van der Waals surface area (Å²) < 4.78 is 9.52. The molecule has 0 aliphatic heterocycles. The first kappa shape index (κ1) is 17.0. The fourth-order valence-electron chi connectivity index (χ4n) is 2.63. The molecule has 4 aromatic rings. The third kappa shape index (κ3) is 3.32. The molecule has 0 fully saturated rings. The Balaban J connectivity index is 1.64. The van der Waals surface area contributed by atoms with E-state index in [0.717, 1.165) is 22.0 Å². The number of rotatable bonds is 4. The molecular weight excluding hydrogens is 364 g/mol. The van der Waals surface area contributed by atoms with Crippen LogP contribution in [-0.2, 0) is 4.79 Å². The van der Waals surface area contributed by atoms with E-state index in [1.54, 1.807) is 43.6 Å². The van der Waals surface area contributed by atoms with Crippen molar-refractivity contribution in [2.24, 2.45) is 0 Å². The van der Waals surface area contributed by atoms with E-state index in [1.165, 1.54) is 6.07 Å². The van der Waals surface area contributed by atoms with Gasteiger partial charge in [-0.1, -0.05) is 6.07 Å². The van der Waals surface area contributed by atoms with Crippen LogP contribution in [0.2, 0.25) is 0 Å². The molecule has 4 rings (SSSR count). The van der Waals surface area contributed by atoms with E-state index < -0.39 is 6.04 Å². The van der Waals surface area contributed by atoms with Crippen LogP contribution in [0.3, 0.4) is 0 Å². The first-order chi connectivity index (χ1) is 13.1. The lowest BCUT2D eigenvalue weighted by molar-refractivity contribution is -0.119. The van der Waals surface area contributed by atoms with Gasteiger partial charge in [-0.25, -0.2) is 4.68 Å². The van der Waals surface area contributed by atoms with Crippen LogP contribution in [0.5, 0.6) is 0 Å². The second kappa shape index (κ2) is 7.04. The summed E-state index contributed by atoms with van der Waals surface area (Å²) in [6.45, 7) is 1.62. The van der Waals surface area contributed by atoms with Crippen LogP contribution in [0.4, 0.5) is 5.69 Å². The van der Waals surface area contributed by atoms with Gasteiger partial charge in [0.05, 0.1) is 23.1 Å². The Labute approximate surface area is 157 Å². The molecule has 3 aromatic heterocycles. The summed E-state index contributed by atoms with van der Waals surface area (Å²) in [6, 6.07) is 11.2. The number of benzene rings is 1. The Morgan fingerprint density at radius 3 is 2.85 bits per heavy atom. The number of nitrogens with one attached hydrogen (secondary N) is 1. The topological polar surface area (TPSA) is 103 Å². The maximum absolute atomic E-state index is 12.7. The number of amides is 1. The SMILES string of the molecule is CC(C(=O)Nc1cccc2nsnc12)n1nc(-c2cccnc2)ccc1=O. The summed E-state index contributed by atoms with van der Waals surface area (Å²) >= 11 is 1.08. The highest BCUT2D eigenvalue weighted by atomic mass is 32.1.